The highest BCUT2D eigenvalue weighted by atomic mass is 79.9. The second-order valence-electron chi connectivity index (χ2n) is 3.59. The molecule has 1 aromatic carbocycles. The molecule has 2 rings (SSSR count). The van der Waals surface area contributed by atoms with Gasteiger partial charge in [0, 0.05) is 13.2 Å². The third-order valence-corrected chi connectivity index (χ3v) is 3.13. The molecule has 2 N–H and O–H groups in total. The fraction of sp³-hybridized carbons (Fsp3) is 0.0833. The molecule has 0 bridgehead atoms. The van der Waals surface area contributed by atoms with Gasteiger partial charge in [0.2, 0.25) is 5.28 Å². The van der Waals surface area contributed by atoms with E-state index in [1.54, 1.807) is 31.4 Å². The van der Waals surface area contributed by atoms with E-state index in [1.807, 2.05) is 6.07 Å². The molecule has 2 aromatic rings. The SMILES string of the molecule is CNC(=O)c1ccccc1Nc1nc(Cl)ncc1Br. The highest BCUT2D eigenvalue weighted by molar-refractivity contribution is 9.10. The molecule has 0 atom stereocenters. The Bertz CT molecular complexity index is 620. The first-order chi connectivity index (χ1) is 9.11. The molecule has 0 aliphatic rings. The summed E-state index contributed by atoms with van der Waals surface area (Å²) in [5.41, 5.74) is 1.16. The zero-order chi connectivity index (χ0) is 13.8. The van der Waals surface area contributed by atoms with Crippen LogP contribution < -0.4 is 10.6 Å². The quantitative estimate of drug-likeness (QED) is 0.842. The average molecular weight is 342 g/mol. The molecule has 0 saturated heterocycles. The van der Waals surface area contributed by atoms with E-state index >= 15 is 0 Å². The molecule has 19 heavy (non-hydrogen) atoms. The summed E-state index contributed by atoms with van der Waals surface area (Å²) in [6, 6.07) is 7.12. The minimum atomic E-state index is -0.181. The number of hydrogen-bond acceptors (Lipinski definition) is 4. The van der Waals surface area contributed by atoms with Crippen molar-refractivity contribution in [1.29, 1.82) is 0 Å². The van der Waals surface area contributed by atoms with Crippen LogP contribution in [0.1, 0.15) is 10.4 Å². The van der Waals surface area contributed by atoms with Gasteiger partial charge in [0.15, 0.2) is 0 Å². The predicted molar refractivity (Wildman–Crippen MR) is 77.9 cm³/mol. The number of aromatic nitrogens is 2. The van der Waals surface area contributed by atoms with Gasteiger partial charge in [0.25, 0.3) is 5.91 Å². The minimum absolute atomic E-state index is 0.128. The number of hydrogen-bond donors (Lipinski definition) is 2. The van der Waals surface area contributed by atoms with E-state index in [2.05, 4.69) is 36.5 Å². The average Bonchev–Trinajstić information content (AvgIpc) is 2.42. The summed E-state index contributed by atoms with van der Waals surface area (Å²) in [4.78, 5) is 19.7. The lowest BCUT2D eigenvalue weighted by molar-refractivity contribution is 0.0964. The van der Waals surface area contributed by atoms with E-state index in [1.165, 1.54) is 0 Å². The highest BCUT2D eigenvalue weighted by Crippen LogP contribution is 2.26. The first kappa shape index (κ1) is 13.8. The molecule has 0 saturated carbocycles. The van der Waals surface area contributed by atoms with Gasteiger partial charge >= 0.3 is 0 Å². The largest absolute Gasteiger partial charge is 0.355 e. The Morgan fingerprint density at radius 2 is 2.11 bits per heavy atom. The van der Waals surface area contributed by atoms with Crippen molar-refractivity contribution in [3.8, 4) is 0 Å². The molecule has 0 unspecified atom stereocenters. The van der Waals surface area contributed by atoms with Crippen LogP contribution in [0.3, 0.4) is 0 Å². The van der Waals surface area contributed by atoms with Crippen LogP contribution in [0.2, 0.25) is 5.28 Å². The smallest absolute Gasteiger partial charge is 0.253 e. The van der Waals surface area contributed by atoms with Crippen LogP contribution in [-0.4, -0.2) is 22.9 Å². The van der Waals surface area contributed by atoms with Crippen LogP contribution in [0.5, 0.6) is 0 Å². The standard InChI is InChI=1S/C12H10BrClN4O/c1-15-11(19)7-4-2-3-5-9(7)17-10-8(13)6-16-12(14)18-10/h2-6H,1H3,(H,15,19)(H,16,17,18). The van der Waals surface area contributed by atoms with Crippen molar-refractivity contribution in [3.63, 3.8) is 0 Å². The van der Waals surface area contributed by atoms with E-state index in [4.69, 9.17) is 11.6 Å². The Hall–Kier alpha value is -1.66. The molecular formula is C12H10BrClN4O. The minimum Gasteiger partial charge on any atom is -0.355 e. The van der Waals surface area contributed by atoms with Gasteiger partial charge in [0.05, 0.1) is 15.7 Å². The van der Waals surface area contributed by atoms with Crippen LogP contribution in [0.4, 0.5) is 11.5 Å². The summed E-state index contributed by atoms with van der Waals surface area (Å²) in [5, 5.41) is 5.77. The highest BCUT2D eigenvalue weighted by Gasteiger charge is 2.11. The zero-order valence-corrected chi connectivity index (χ0v) is 12.3. The molecule has 1 heterocycles. The van der Waals surface area contributed by atoms with E-state index in [9.17, 15) is 4.79 Å². The number of para-hydroxylation sites is 1. The van der Waals surface area contributed by atoms with Gasteiger partial charge in [-0.2, -0.15) is 4.98 Å². The van der Waals surface area contributed by atoms with Crippen molar-refractivity contribution in [2.75, 3.05) is 12.4 Å². The third-order valence-electron chi connectivity index (χ3n) is 2.37. The Balaban J connectivity index is 2.38. The van der Waals surface area contributed by atoms with Gasteiger partial charge in [-0.3, -0.25) is 4.79 Å². The topological polar surface area (TPSA) is 66.9 Å². The van der Waals surface area contributed by atoms with Crippen molar-refractivity contribution >= 4 is 44.9 Å². The second kappa shape index (κ2) is 5.99. The van der Waals surface area contributed by atoms with Gasteiger partial charge < -0.3 is 10.6 Å². The number of amides is 1. The van der Waals surface area contributed by atoms with Crippen molar-refractivity contribution in [3.05, 3.63) is 45.8 Å². The number of nitrogens with zero attached hydrogens (tertiary/aromatic N) is 2. The second-order valence-corrected chi connectivity index (χ2v) is 4.78. The normalized spacial score (nSPS) is 10.1. The summed E-state index contributed by atoms with van der Waals surface area (Å²) >= 11 is 9.07. The maximum Gasteiger partial charge on any atom is 0.253 e. The Morgan fingerprint density at radius 3 is 2.84 bits per heavy atom. The molecular weight excluding hydrogens is 332 g/mol. The van der Waals surface area contributed by atoms with Crippen LogP contribution >= 0.6 is 27.5 Å². The van der Waals surface area contributed by atoms with Crippen LogP contribution in [0, 0.1) is 0 Å². The Labute approximate surface area is 123 Å². The molecule has 5 nitrogen and oxygen atoms in total. The summed E-state index contributed by atoms with van der Waals surface area (Å²) < 4.78 is 0.656. The van der Waals surface area contributed by atoms with Gasteiger partial charge in [-0.15, -0.1) is 0 Å². The number of nitrogens with one attached hydrogen (secondary N) is 2. The van der Waals surface area contributed by atoms with Crippen molar-refractivity contribution in [1.82, 2.24) is 15.3 Å². The maximum absolute atomic E-state index is 11.8. The fourth-order valence-electron chi connectivity index (χ4n) is 1.49. The monoisotopic (exact) mass is 340 g/mol. The summed E-state index contributed by atoms with van der Waals surface area (Å²) in [6.07, 6.45) is 1.54. The number of halogens is 2. The predicted octanol–water partition coefficient (Wildman–Crippen LogP) is 3.00. The van der Waals surface area contributed by atoms with E-state index in [0.717, 1.165) is 0 Å². The van der Waals surface area contributed by atoms with Crippen molar-refractivity contribution < 1.29 is 4.79 Å². The van der Waals surface area contributed by atoms with E-state index in [0.29, 0.717) is 21.5 Å². The zero-order valence-electron chi connectivity index (χ0n) is 9.95. The van der Waals surface area contributed by atoms with Gasteiger partial charge in [-0.05, 0) is 39.7 Å². The molecule has 98 valence electrons. The van der Waals surface area contributed by atoms with Crippen LogP contribution in [0.15, 0.2) is 34.9 Å². The number of carbonyl (C=O) groups is 1. The summed E-state index contributed by atoms with van der Waals surface area (Å²) in [6.45, 7) is 0. The van der Waals surface area contributed by atoms with E-state index in [-0.39, 0.29) is 11.2 Å². The Kier molecular flexibility index (Phi) is 4.34. The molecule has 0 aliphatic carbocycles. The maximum atomic E-state index is 11.8. The van der Waals surface area contributed by atoms with Gasteiger partial charge in [-0.1, -0.05) is 12.1 Å². The molecule has 1 amide bonds. The van der Waals surface area contributed by atoms with Crippen LogP contribution in [-0.2, 0) is 0 Å². The molecule has 1 aromatic heterocycles. The van der Waals surface area contributed by atoms with Crippen molar-refractivity contribution in [2.24, 2.45) is 0 Å². The van der Waals surface area contributed by atoms with Crippen molar-refractivity contribution in [2.45, 2.75) is 0 Å². The first-order valence-corrected chi connectivity index (χ1v) is 6.55. The third kappa shape index (κ3) is 3.21. The van der Waals surface area contributed by atoms with Gasteiger partial charge in [-0.25, -0.2) is 4.98 Å². The molecule has 0 radical (unpaired) electrons. The van der Waals surface area contributed by atoms with E-state index < -0.39 is 0 Å². The van der Waals surface area contributed by atoms with Crippen LogP contribution in [0.25, 0.3) is 0 Å². The number of anilines is 2. The lowest BCUT2D eigenvalue weighted by Gasteiger charge is -2.11. The summed E-state index contributed by atoms with van der Waals surface area (Å²) in [7, 11) is 1.58. The lowest BCUT2D eigenvalue weighted by atomic mass is 10.1. The van der Waals surface area contributed by atoms with Gasteiger partial charge in [0.1, 0.15) is 5.82 Å². The number of benzene rings is 1. The Morgan fingerprint density at radius 1 is 1.37 bits per heavy atom. The summed E-state index contributed by atoms with van der Waals surface area (Å²) in [5.74, 6) is 0.315. The fourth-order valence-corrected chi connectivity index (χ4v) is 1.91. The molecule has 0 spiro atoms. The molecule has 7 heteroatoms. The lowest BCUT2D eigenvalue weighted by Crippen LogP contribution is -2.19. The number of carbonyl (C=O) groups excluding carboxylic acids is 1. The number of rotatable bonds is 3. The molecule has 0 fully saturated rings. The first-order valence-electron chi connectivity index (χ1n) is 5.38. The molecule has 0 aliphatic heterocycles.